The molecule has 8 nitrogen and oxygen atoms in total. The van der Waals surface area contributed by atoms with Gasteiger partial charge >= 0.3 is 0 Å². The fourth-order valence-electron chi connectivity index (χ4n) is 6.04. The van der Waals surface area contributed by atoms with Crippen molar-refractivity contribution in [1.82, 2.24) is 14.9 Å². The van der Waals surface area contributed by atoms with Crippen molar-refractivity contribution in [2.75, 3.05) is 31.0 Å². The molecule has 9 heteroatoms. The minimum atomic E-state index is -0.256. The Hall–Kier alpha value is -3.43. The molecule has 1 aliphatic heterocycles. The number of rotatable bonds is 8. The van der Waals surface area contributed by atoms with Gasteiger partial charge in [0.2, 0.25) is 5.91 Å². The number of benzene rings is 1. The molecule has 200 valence electrons. The van der Waals surface area contributed by atoms with Crippen molar-refractivity contribution < 1.29 is 14.3 Å². The van der Waals surface area contributed by atoms with Crippen LogP contribution in [0.5, 0.6) is 5.75 Å². The molecule has 38 heavy (non-hydrogen) atoms. The number of carbonyl (C=O) groups excluding carboxylic acids is 1. The fourth-order valence-corrected chi connectivity index (χ4v) is 6.38. The van der Waals surface area contributed by atoms with E-state index in [2.05, 4.69) is 40.0 Å². The largest absolute Gasteiger partial charge is 0.495 e. The first kappa shape index (κ1) is 26.2. The molecule has 0 spiro atoms. The van der Waals surface area contributed by atoms with E-state index < -0.39 is 0 Å². The van der Waals surface area contributed by atoms with E-state index in [0.29, 0.717) is 22.6 Å². The molecule has 5 rings (SSSR count). The monoisotopic (exact) mass is 533 g/mol. The number of aryl methyl sites for hydroxylation is 1. The molecule has 1 saturated carbocycles. The van der Waals surface area contributed by atoms with Crippen LogP contribution in [-0.2, 0) is 9.53 Å². The number of anilines is 2. The number of amides is 1. The molecule has 1 amide bonds. The number of hydrogen-bond donors (Lipinski definition) is 2. The summed E-state index contributed by atoms with van der Waals surface area (Å²) in [4.78, 5) is 19.2. The van der Waals surface area contributed by atoms with Crippen LogP contribution in [-0.4, -0.2) is 41.4 Å². The normalized spacial score (nSPS) is 19.6. The van der Waals surface area contributed by atoms with Crippen LogP contribution >= 0.6 is 12.2 Å². The van der Waals surface area contributed by atoms with Gasteiger partial charge < -0.3 is 29.6 Å². The van der Waals surface area contributed by atoms with Gasteiger partial charge in [-0.3, -0.25) is 9.78 Å². The summed E-state index contributed by atoms with van der Waals surface area (Å²) in [5, 5.41) is 7.06. The fraction of sp³-hybridized carbons (Fsp3) is 0.414. The minimum absolute atomic E-state index is 0.0470. The van der Waals surface area contributed by atoms with Crippen LogP contribution in [0, 0.1) is 13.8 Å². The highest BCUT2D eigenvalue weighted by Gasteiger charge is 2.42. The van der Waals surface area contributed by atoms with E-state index in [1.807, 2.05) is 42.6 Å². The third-order valence-corrected chi connectivity index (χ3v) is 7.96. The molecule has 0 bridgehead atoms. The van der Waals surface area contributed by atoms with Crippen molar-refractivity contribution in [2.45, 2.75) is 57.7 Å². The molecule has 1 aliphatic carbocycles. The van der Waals surface area contributed by atoms with Gasteiger partial charge in [-0.2, -0.15) is 0 Å². The maximum Gasteiger partial charge on any atom is 0.250 e. The van der Waals surface area contributed by atoms with E-state index >= 15 is 0 Å². The Labute approximate surface area is 229 Å². The number of hydrogen-bond acceptors (Lipinski definition) is 5. The summed E-state index contributed by atoms with van der Waals surface area (Å²) in [6.45, 7) is 4.38. The van der Waals surface area contributed by atoms with E-state index in [9.17, 15) is 4.79 Å². The molecule has 2 aliphatic rings. The van der Waals surface area contributed by atoms with Gasteiger partial charge in [0.15, 0.2) is 5.11 Å². The summed E-state index contributed by atoms with van der Waals surface area (Å²) in [7, 11) is 3.08. The quantitative estimate of drug-likeness (QED) is 0.376. The van der Waals surface area contributed by atoms with Crippen LogP contribution in [0.15, 0.2) is 48.7 Å². The van der Waals surface area contributed by atoms with E-state index in [1.165, 1.54) is 49.7 Å². The smallest absolute Gasteiger partial charge is 0.250 e. The average molecular weight is 534 g/mol. The number of methoxy groups -OCH3 is 2. The van der Waals surface area contributed by atoms with Gasteiger partial charge in [-0.15, -0.1) is 0 Å². The van der Waals surface area contributed by atoms with Crippen LogP contribution in [0.3, 0.4) is 0 Å². The van der Waals surface area contributed by atoms with Gasteiger partial charge in [0.25, 0.3) is 0 Å². The topological polar surface area (TPSA) is 80.7 Å². The molecule has 1 saturated heterocycles. The van der Waals surface area contributed by atoms with Gasteiger partial charge in [0.05, 0.1) is 30.6 Å². The van der Waals surface area contributed by atoms with Crippen LogP contribution in [0.25, 0.3) is 0 Å². The Morgan fingerprint density at radius 2 is 1.95 bits per heavy atom. The second kappa shape index (κ2) is 11.1. The molecule has 1 aromatic carbocycles. The second-order valence-corrected chi connectivity index (χ2v) is 10.4. The van der Waals surface area contributed by atoms with E-state index in [1.54, 1.807) is 7.11 Å². The Morgan fingerprint density at radius 1 is 1.16 bits per heavy atom. The van der Waals surface area contributed by atoms with Crippen molar-refractivity contribution in [2.24, 2.45) is 0 Å². The van der Waals surface area contributed by atoms with E-state index in [-0.39, 0.29) is 24.6 Å². The van der Waals surface area contributed by atoms with Crippen molar-refractivity contribution in [1.29, 1.82) is 0 Å². The number of carbonyl (C=O) groups is 1. The lowest BCUT2D eigenvalue weighted by Crippen LogP contribution is -2.30. The van der Waals surface area contributed by atoms with Crippen LogP contribution in [0.1, 0.15) is 66.5 Å². The van der Waals surface area contributed by atoms with Crippen LogP contribution in [0.2, 0.25) is 0 Å². The number of aromatic nitrogens is 2. The van der Waals surface area contributed by atoms with Crippen molar-refractivity contribution in [3.8, 4) is 5.75 Å². The van der Waals surface area contributed by atoms with Crippen LogP contribution < -0.4 is 20.3 Å². The summed E-state index contributed by atoms with van der Waals surface area (Å²) in [6, 6.07) is 14.3. The zero-order valence-corrected chi connectivity index (χ0v) is 23.2. The average Bonchev–Trinajstić information content (AvgIpc) is 3.62. The molecule has 0 unspecified atom stereocenters. The highest BCUT2D eigenvalue weighted by molar-refractivity contribution is 7.80. The molecular formula is C29H35N5O3S. The molecule has 3 aromatic rings. The zero-order chi connectivity index (χ0) is 26.8. The van der Waals surface area contributed by atoms with Crippen molar-refractivity contribution >= 4 is 34.6 Å². The lowest BCUT2D eigenvalue weighted by atomic mass is 9.96. The standard InChI is InChI=1S/C29H35N5O3S/c1-18-15-22(19(2)33(18)20-9-5-6-10-20)28-27(23-11-7-8-14-30-23)32-29(38)34(28)21-12-13-25(37-4)24(16-21)31-26(35)17-36-3/h7-8,11-16,20,27-28H,5-6,9-10,17H2,1-4H3,(H,31,35)(H,32,38)/t27-,28-/m0/s1. The predicted molar refractivity (Wildman–Crippen MR) is 153 cm³/mol. The van der Waals surface area contributed by atoms with Gasteiger partial charge in [-0.25, -0.2) is 0 Å². The Kier molecular flexibility index (Phi) is 7.67. The molecule has 0 radical (unpaired) electrons. The van der Waals surface area contributed by atoms with Gasteiger partial charge in [0.1, 0.15) is 12.4 Å². The number of ether oxygens (including phenoxy) is 2. The van der Waals surface area contributed by atoms with E-state index in [4.69, 9.17) is 26.7 Å². The highest BCUT2D eigenvalue weighted by atomic mass is 32.1. The third kappa shape index (κ3) is 4.88. The number of nitrogens with one attached hydrogen (secondary N) is 2. The molecule has 2 fully saturated rings. The maximum atomic E-state index is 12.4. The minimum Gasteiger partial charge on any atom is -0.495 e. The van der Waals surface area contributed by atoms with Gasteiger partial charge in [-0.05, 0) is 80.9 Å². The summed E-state index contributed by atoms with van der Waals surface area (Å²) < 4.78 is 13.0. The predicted octanol–water partition coefficient (Wildman–Crippen LogP) is 5.39. The first-order valence-electron chi connectivity index (χ1n) is 13.1. The summed E-state index contributed by atoms with van der Waals surface area (Å²) in [6.07, 6.45) is 6.80. The summed E-state index contributed by atoms with van der Waals surface area (Å²) >= 11 is 5.94. The lowest BCUT2D eigenvalue weighted by Gasteiger charge is -2.29. The Balaban J connectivity index is 1.61. The molecule has 2 atom stereocenters. The Bertz CT molecular complexity index is 1320. The van der Waals surface area contributed by atoms with Crippen LogP contribution in [0.4, 0.5) is 11.4 Å². The molecule has 3 heterocycles. The lowest BCUT2D eigenvalue weighted by molar-refractivity contribution is -0.119. The number of thiocarbonyl (C=S) groups is 1. The number of pyridine rings is 1. The Morgan fingerprint density at radius 3 is 2.63 bits per heavy atom. The zero-order valence-electron chi connectivity index (χ0n) is 22.4. The first-order valence-corrected chi connectivity index (χ1v) is 13.5. The number of nitrogens with zero attached hydrogens (tertiary/aromatic N) is 3. The van der Waals surface area contributed by atoms with Crippen molar-refractivity contribution in [3.63, 3.8) is 0 Å². The molecular weight excluding hydrogens is 498 g/mol. The highest BCUT2D eigenvalue weighted by Crippen LogP contribution is 2.46. The second-order valence-electron chi connectivity index (χ2n) is 10.00. The van der Waals surface area contributed by atoms with Gasteiger partial charge in [-0.1, -0.05) is 18.9 Å². The SMILES string of the molecule is COCC(=O)Nc1cc(N2C(=S)N[C@@H](c3ccccn3)[C@@H]2c2cc(C)n(C3CCCC3)c2C)ccc1OC. The maximum absolute atomic E-state index is 12.4. The van der Waals surface area contributed by atoms with Crippen molar-refractivity contribution in [3.05, 3.63) is 71.3 Å². The first-order chi connectivity index (χ1) is 18.4. The third-order valence-electron chi connectivity index (χ3n) is 7.64. The summed E-state index contributed by atoms with van der Waals surface area (Å²) in [5.41, 5.74) is 6.09. The van der Waals surface area contributed by atoms with Gasteiger partial charge in [0, 0.05) is 36.4 Å². The summed E-state index contributed by atoms with van der Waals surface area (Å²) in [5.74, 6) is 0.307. The molecule has 2 N–H and O–H groups in total. The molecule has 2 aromatic heterocycles. The van der Waals surface area contributed by atoms with E-state index in [0.717, 1.165) is 11.4 Å².